The SMILES string of the molecule is N#Cc1cc([N+](=O)[O-])c(F)cc1OC(F)F. The number of ether oxygens (including phenoxy) is 1. The molecule has 0 radical (unpaired) electrons. The standard InChI is InChI=1S/C8H3F3N2O3/c9-5-2-7(16-8(10)11)4(3-12)1-6(5)13(14)15/h1-2,8H. The minimum Gasteiger partial charge on any atom is -0.433 e. The van der Waals surface area contributed by atoms with Crippen LogP contribution in [0, 0.1) is 27.3 Å². The summed E-state index contributed by atoms with van der Waals surface area (Å²) >= 11 is 0. The maximum absolute atomic E-state index is 13.0. The molecule has 0 amide bonds. The molecule has 0 aliphatic carbocycles. The Labute approximate surface area is 86.8 Å². The number of hydrogen-bond donors (Lipinski definition) is 0. The first-order valence-corrected chi connectivity index (χ1v) is 3.78. The lowest BCUT2D eigenvalue weighted by molar-refractivity contribution is -0.387. The van der Waals surface area contributed by atoms with Gasteiger partial charge in [0.15, 0.2) is 0 Å². The number of alkyl halides is 2. The van der Waals surface area contributed by atoms with E-state index in [1.54, 1.807) is 0 Å². The van der Waals surface area contributed by atoms with Gasteiger partial charge in [-0.25, -0.2) is 0 Å². The van der Waals surface area contributed by atoms with Crippen LogP contribution in [0.25, 0.3) is 0 Å². The van der Waals surface area contributed by atoms with E-state index in [4.69, 9.17) is 5.26 Å². The average molecular weight is 232 g/mol. The van der Waals surface area contributed by atoms with Gasteiger partial charge in [0.1, 0.15) is 17.4 Å². The van der Waals surface area contributed by atoms with Crippen molar-refractivity contribution in [2.75, 3.05) is 0 Å². The molecule has 0 saturated carbocycles. The Morgan fingerprint density at radius 2 is 2.12 bits per heavy atom. The molecule has 0 heterocycles. The van der Waals surface area contributed by atoms with Gasteiger partial charge in [-0.1, -0.05) is 0 Å². The summed E-state index contributed by atoms with van der Waals surface area (Å²) in [6.45, 7) is -3.24. The van der Waals surface area contributed by atoms with Crippen LogP contribution in [-0.2, 0) is 0 Å². The lowest BCUT2D eigenvalue weighted by Crippen LogP contribution is -2.05. The molecule has 1 aromatic rings. The first-order valence-electron chi connectivity index (χ1n) is 3.78. The van der Waals surface area contributed by atoms with Crippen molar-refractivity contribution in [3.05, 3.63) is 33.6 Å². The molecule has 0 atom stereocenters. The summed E-state index contributed by atoms with van der Waals surface area (Å²) in [5.41, 5.74) is -1.51. The maximum atomic E-state index is 13.0. The van der Waals surface area contributed by atoms with E-state index in [0.717, 1.165) is 0 Å². The van der Waals surface area contributed by atoms with Gasteiger partial charge in [0.25, 0.3) is 0 Å². The second kappa shape index (κ2) is 4.48. The Morgan fingerprint density at radius 1 is 1.50 bits per heavy atom. The molecule has 16 heavy (non-hydrogen) atoms. The van der Waals surface area contributed by atoms with Crippen LogP contribution in [0.3, 0.4) is 0 Å². The molecule has 84 valence electrons. The minimum atomic E-state index is -3.24. The predicted octanol–water partition coefficient (Wildman–Crippen LogP) is 2.21. The van der Waals surface area contributed by atoms with Crippen molar-refractivity contribution in [2.45, 2.75) is 6.61 Å². The molecule has 8 heteroatoms. The van der Waals surface area contributed by atoms with E-state index in [1.165, 1.54) is 6.07 Å². The summed E-state index contributed by atoms with van der Waals surface area (Å²) in [7, 11) is 0. The Morgan fingerprint density at radius 3 is 2.56 bits per heavy atom. The summed E-state index contributed by atoms with van der Waals surface area (Å²) in [5, 5.41) is 18.8. The number of rotatable bonds is 3. The average Bonchev–Trinajstić information content (AvgIpc) is 2.16. The number of hydrogen-bond acceptors (Lipinski definition) is 4. The Hall–Kier alpha value is -2.30. The maximum Gasteiger partial charge on any atom is 0.387 e. The molecule has 0 unspecified atom stereocenters. The van der Waals surface area contributed by atoms with Gasteiger partial charge < -0.3 is 4.74 Å². The Balaban J connectivity index is 3.28. The van der Waals surface area contributed by atoms with E-state index >= 15 is 0 Å². The molecule has 1 aromatic carbocycles. The van der Waals surface area contributed by atoms with Crippen LogP contribution in [0.2, 0.25) is 0 Å². The predicted molar refractivity (Wildman–Crippen MR) is 44.4 cm³/mol. The number of nitrogens with zero attached hydrogens (tertiary/aromatic N) is 2. The van der Waals surface area contributed by atoms with Gasteiger partial charge in [0.05, 0.1) is 4.92 Å². The van der Waals surface area contributed by atoms with E-state index in [1.807, 2.05) is 0 Å². The van der Waals surface area contributed by atoms with Gasteiger partial charge in [-0.3, -0.25) is 10.1 Å². The molecule has 0 bridgehead atoms. The van der Waals surface area contributed by atoms with Crippen LogP contribution in [0.5, 0.6) is 5.75 Å². The fourth-order valence-corrected chi connectivity index (χ4v) is 0.964. The Bertz CT molecular complexity index is 470. The highest BCUT2D eigenvalue weighted by atomic mass is 19.3. The number of nitro groups is 1. The summed E-state index contributed by atoms with van der Waals surface area (Å²) in [6.07, 6.45) is 0. The third-order valence-corrected chi connectivity index (χ3v) is 1.58. The molecular weight excluding hydrogens is 229 g/mol. The van der Waals surface area contributed by atoms with Crippen LogP contribution < -0.4 is 4.74 Å². The first-order chi connectivity index (χ1) is 7.45. The molecule has 0 fully saturated rings. The zero-order valence-corrected chi connectivity index (χ0v) is 7.49. The van der Waals surface area contributed by atoms with Gasteiger partial charge >= 0.3 is 12.3 Å². The van der Waals surface area contributed by atoms with E-state index in [2.05, 4.69) is 4.74 Å². The summed E-state index contributed by atoms with van der Waals surface area (Å²) in [5.74, 6) is -2.08. The number of nitro benzene ring substituents is 1. The summed E-state index contributed by atoms with van der Waals surface area (Å²) < 4.78 is 40.5. The fraction of sp³-hybridized carbons (Fsp3) is 0.125. The third-order valence-electron chi connectivity index (χ3n) is 1.58. The molecule has 0 aliphatic rings. The third kappa shape index (κ3) is 2.38. The second-order valence-corrected chi connectivity index (χ2v) is 2.55. The minimum absolute atomic E-state index is 0.378. The monoisotopic (exact) mass is 232 g/mol. The number of nitriles is 1. The number of halogens is 3. The lowest BCUT2D eigenvalue weighted by atomic mass is 10.2. The van der Waals surface area contributed by atoms with Crippen LogP contribution in [0.15, 0.2) is 12.1 Å². The van der Waals surface area contributed by atoms with Gasteiger partial charge in [-0.05, 0) is 0 Å². The zero-order chi connectivity index (χ0) is 12.3. The van der Waals surface area contributed by atoms with E-state index in [-0.39, 0.29) is 0 Å². The highest BCUT2D eigenvalue weighted by Gasteiger charge is 2.20. The Kier molecular flexibility index (Phi) is 3.30. The zero-order valence-electron chi connectivity index (χ0n) is 7.49. The molecule has 1 rings (SSSR count). The fourth-order valence-electron chi connectivity index (χ4n) is 0.964. The first kappa shape index (κ1) is 11.8. The van der Waals surface area contributed by atoms with Gasteiger partial charge in [0.2, 0.25) is 5.82 Å². The van der Waals surface area contributed by atoms with Crippen molar-refractivity contribution in [1.82, 2.24) is 0 Å². The van der Waals surface area contributed by atoms with Crippen molar-refractivity contribution in [2.24, 2.45) is 0 Å². The van der Waals surface area contributed by atoms with Crippen LogP contribution in [0.1, 0.15) is 5.56 Å². The van der Waals surface area contributed by atoms with Crippen molar-refractivity contribution in [3.63, 3.8) is 0 Å². The van der Waals surface area contributed by atoms with Crippen molar-refractivity contribution >= 4 is 5.69 Å². The van der Waals surface area contributed by atoms with E-state index in [0.29, 0.717) is 12.1 Å². The molecule has 0 N–H and O–H groups in total. The molecule has 0 aromatic heterocycles. The normalized spacial score (nSPS) is 9.94. The van der Waals surface area contributed by atoms with Crippen molar-refractivity contribution in [1.29, 1.82) is 5.26 Å². The quantitative estimate of drug-likeness (QED) is 0.591. The summed E-state index contributed by atoms with van der Waals surface area (Å²) in [6, 6.07) is 2.31. The number of benzene rings is 1. The van der Waals surface area contributed by atoms with E-state index < -0.39 is 34.4 Å². The highest BCUT2D eigenvalue weighted by Crippen LogP contribution is 2.28. The van der Waals surface area contributed by atoms with Gasteiger partial charge in [0, 0.05) is 12.1 Å². The van der Waals surface area contributed by atoms with Crippen molar-refractivity contribution < 1.29 is 22.8 Å². The molecule has 5 nitrogen and oxygen atoms in total. The lowest BCUT2D eigenvalue weighted by Gasteiger charge is -2.06. The van der Waals surface area contributed by atoms with Crippen LogP contribution >= 0.6 is 0 Å². The highest BCUT2D eigenvalue weighted by molar-refractivity contribution is 5.51. The van der Waals surface area contributed by atoms with Gasteiger partial charge in [-0.2, -0.15) is 18.4 Å². The molecule has 0 aliphatic heterocycles. The molecule has 0 spiro atoms. The van der Waals surface area contributed by atoms with Crippen LogP contribution in [-0.4, -0.2) is 11.5 Å². The molecular formula is C8H3F3N2O3. The molecule has 0 saturated heterocycles. The largest absolute Gasteiger partial charge is 0.433 e. The second-order valence-electron chi connectivity index (χ2n) is 2.55. The smallest absolute Gasteiger partial charge is 0.387 e. The van der Waals surface area contributed by atoms with Crippen molar-refractivity contribution in [3.8, 4) is 11.8 Å². The summed E-state index contributed by atoms with van der Waals surface area (Å²) in [4.78, 5) is 9.22. The topological polar surface area (TPSA) is 76.2 Å². The van der Waals surface area contributed by atoms with Crippen LogP contribution in [0.4, 0.5) is 18.9 Å². The van der Waals surface area contributed by atoms with Gasteiger partial charge in [-0.15, -0.1) is 0 Å². The van der Waals surface area contributed by atoms with E-state index in [9.17, 15) is 23.3 Å².